The summed E-state index contributed by atoms with van der Waals surface area (Å²) >= 11 is 5.82. The van der Waals surface area contributed by atoms with Crippen LogP contribution in [0.25, 0.3) is 0 Å². The lowest BCUT2D eigenvalue weighted by atomic mass is 10.1. The number of hydrogen-bond donors (Lipinski definition) is 1. The number of pyridine rings is 1. The van der Waals surface area contributed by atoms with Gasteiger partial charge in [-0.25, -0.2) is 0 Å². The number of carbonyl (C=O) groups excluding carboxylic acids is 1. The van der Waals surface area contributed by atoms with Crippen LogP contribution in [0.2, 0.25) is 5.02 Å². The fourth-order valence-corrected chi connectivity index (χ4v) is 1.92. The van der Waals surface area contributed by atoms with E-state index in [0.717, 1.165) is 5.69 Å². The Bertz CT molecular complexity index is 586. The van der Waals surface area contributed by atoms with Crippen molar-refractivity contribution in [3.8, 4) is 0 Å². The highest BCUT2D eigenvalue weighted by Crippen LogP contribution is 2.19. The number of nitrogens with two attached hydrogens (primary N) is 1. The Labute approximate surface area is 116 Å². The largest absolute Gasteiger partial charge is 0.398 e. The summed E-state index contributed by atoms with van der Waals surface area (Å²) in [6.45, 7) is 0.432. The summed E-state index contributed by atoms with van der Waals surface area (Å²) < 4.78 is 0. The molecule has 1 aromatic carbocycles. The van der Waals surface area contributed by atoms with Gasteiger partial charge in [0.25, 0.3) is 5.91 Å². The molecule has 98 valence electrons. The van der Waals surface area contributed by atoms with E-state index in [2.05, 4.69) is 4.98 Å². The van der Waals surface area contributed by atoms with Gasteiger partial charge in [0, 0.05) is 24.0 Å². The third-order valence-electron chi connectivity index (χ3n) is 2.72. The molecule has 0 aliphatic heterocycles. The van der Waals surface area contributed by atoms with E-state index in [-0.39, 0.29) is 5.91 Å². The molecule has 2 aromatic rings. The Morgan fingerprint density at radius 2 is 2.16 bits per heavy atom. The minimum Gasteiger partial charge on any atom is -0.398 e. The molecule has 0 bridgehead atoms. The number of nitrogen functional groups attached to an aromatic ring is 1. The highest BCUT2D eigenvalue weighted by Gasteiger charge is 2.15. The predicted molar refractivity (Wildman–Crippen MR) is 75.9 cm³/mol. The molecule has 2 N–H and O–H groups in total. The molecule has 5 heteroatoms. The maximum Gasteiger partial charge on any atom is 0.256 e. The number of nitrogens with zero attached hydrogens (tertiary/aromatic N) is 2. The molecule has 1 aromatic heterocycles. The van der Waals surface area contributed by atoms with Crippen LogP contribution in [0.15, 0.2) is 42.6 Å². The summed E-state index contributed by atoms with van der Waals surface area (Å²) in [5.41, 5.74) is 7.46. The number of carbonyl (C=O) groups is 1. The van der Waals surface area contributed by atoms with Crippen molar-refractivity contribution in [1.82, 2.24) is 9.88 Å². The first-order valence-corrected chi connectivity index (χ1v) is 6.16. The Hall–Kier alpha value is -2.07. The lowest BCUT2D eigenvalue weighted by Gasteiger charge is -2.17. The number of rotatable bonds is 3. The molecule has 0 aliphatic carbocycles. The highest BCUT2D eigenvalue weighted by molar-refractivity contribution is 6.31. The molecule has 1 heterocycles. The molecule has 0 fully saturated rings. The van der Waals surface area contributed by atoms with Gasteiger partial charge in [-0.05, 0) is 30.3 Å². The molecule has 0 unspecified atom stereocenters. The van der Waals surface area contributed by atoms with Crippen molar-refractivity contribution < 1.29 is 4.79 Å². The van der Waals surface area contributed by atoms with Gasteiger partial charge in [-0.1, -0.05) is 17.7 Å². The van der Waals surface area contributed by atoms with Gasteiger partial charge in [-0.3, -0.25) is 9.78 Å². The minimum absolute atomic E-state index is 0.153. The van der Waals surface area contributed by atoms with Crippen LogP contribution < -0.4 is 5.73 Å². The Balaban J connectivity index is 2.15. The number of amides is 1. The van der Waals surface area contributed by atoms with Crippen molar-refractivity contribution >= 4 is 23.2 Å². The van der Waals surface area contributed by atoms with Crippen LogP contribution in [0.5, 0.6) is 0 Å². The second-order valence-electron chi connectivity index (χ2n) is 4.21. The fourth-order valence-electron chi connectivity index (χ4n) is 1.74. The number of anilines is 1. The van der Waals surface area contributed by atoms with E-state index in [1.807, 2.05) is 18.2 Å². The molecule has 0 saturated carbocycles. The number of aromatic nitrogens is 1. The molecule has 2 rings (SSSR count). The standard InChI is InChI=1S/C14H14ClN3O/c1-18(9-11-4-2-3-7-17-11)14(19)12-6-5-10(15)8-13(12)16/h2-8H,9,16H2,1H3. The SMILES string of the molecule is CN(Cc1ccccn1)C(=O)c1ccc(Cl)cc1N. The van der Waals surface area contributed by atoms with Crippen LogP contribution in [0.3, 0.4) is 0 Å². The molecule has 19 heavy (non-hydrogen) atoms. The molecule has 0 atom stereocenters. The number of hydrogen-bond acceptors (Lipinski definition) is 3. The van der Waals surface area contributed by atoms with Gasteiger partial charge in [0.05, 0.1) is 17.8 Å². The van der Waals surface area contributed by atoms with Crippen molar-refractivity contribution in [3.63, 3.8) is 0 Å². The fraction of sp³-hybridized carbons (Fsp3) is 0.143. The Morgan fingerprint density at radius 3 is 2.79 bits per heavy atom. The average Bonchev–Trinajstić information content (AvgIpc) is 2.39. The van der Waals surface area contributed by atoms with Crippen molar-refractivity contribution in [1.29, 1.82) is 0 Å². The van der Waals surface area contributed by atoms with E-state index >= 15 is 0 Å². The lowest BCUT2D eigenvalue weighted by Crippen LogP contribution is -2.27. The normalized spacial score (nSPS) is 10.2. The first-order valence-electron chi connectivity index (χ1n) is 5.78. The van der Waals surface area contributed by atoms with E-state index in [9.17, 15) is 4.79 Å². The van der Waals surface area contributed by atoms with Crippen LogP contribution in [-0.4, -0.2) is 22.8 Å². The zero-order valence-corrected chi connectivity index (χ0v) is 11.3. The van der Waals surface area contributed by atoms with Gasteiger partial charge < -0.3 is 10.6 Å². The second-order valence-corrected chi connectivity index (χ2v) is 4.65. The molecule has 4 nitrogen and oxygen atoms in total. The molecular formula is C14H14ClN3O. The zero-order chi connectivity index (χ0) is 13.8. The topological polar surface area (TPSA) is 59.2 Å². The molecular weight excluding hydrogens is 262 g/mol. The zero-order valence-electron chi connectivity index (χ0n) is 10.5. The number of halogens is 1. The monoisotopic (exact) mass is 275 g/mol. The molecule has 1 amide bonds. The summed E-state index contributed by atoms with van der Waals surface area (Å²) in [5, 5.41) is 0.515. The van der Waals surface area contributed by atoms with Gasteiger partial charge in [-0.2, -0.15) is 0 Å². The summed E-state index contributed by atoms with van der Waals surface area (Å²) in [6.07, 6.45) is 1.70. The summed E-state index contributed by atoms with van der Waals surface area (Å²) in [7, 11) is 1.71. The van der Waals surface area contributed by atoms with Crippen LogP contribution in [0.4, 0.5) is 5.69 Å². The molecule has 0 saturated heterocycles. The first-order chi connectivity index (χ1) is 9.08. The third-order valence-corrected chi connectivity index (χ3v) is 2.95. The van der Waals surface area contributed by atoms with Crippen molar-refractivity contribution in [2.24, 2.45) is 0 Å². The van der Waals surface area contributed by atoms with Crippen LogP contribution >= 0.6 is 11.6 Å². The second kappa shape index (κ2) is 5.71. The van der Waals surface area contributed by atoms with Crippen molar-refractivity contribution in [3.05, 3.63) is 58.9 Å². The van der Waals surface area contributed by atoms with Gasteiger partial charge in [0.2, 0.25) is 0 Å². The van der Waals surface area contributed by atoms with E-state index in [1.54, 1.807) is 36.3 Å². The number of benzene rings is 1. The summed E-state index contributed by atoms with van der Waals surface area (Å²) in [4.78, 5) is 18.0. The average molecular weight is 276 g/mol. The quantitative estimate of drug-likeness (QED) is 0.876. The van der Waals surface area contributed by atoms with Crippen molar-refractivity contribution in [2.75, 3.05) is 12.8 Å². The van der Waals surface area contributed by atoms with Crippen LogP contribution in [-0.2, 0) is 6.54 Å². The summed E-state index contributed by atoms with van der Waals surface area (Å²) in [5.74, 6) is -0.153. The Morgan fingerprint density at radius 1 is 1.37 bits per heavy atom. The van der Waals surface area contributed by atoms with Gasteiger partial charge in [0.15, 0.2) is 0 Å². The highest BCUT2D eigenvalue weighted by atomic mass is 35.5. The van der Waals surface area contributed by atoms with Gasteiger partial charge in [-0.15, -0.1) is 0 Å². The lowest BCUT2D eigenvalue weighted by molar-refractivity contribution is 0.0784. The minimum atomic E-state index is -0.153. The third kappa shape index (κ3) is 3.23. The maximum absolute atomic E-state index is 12.3. The maximum atomic E-state index is 12.3. The van der Waals surface area contributed by atoms with Gasteiger partial charge >= 0.3 is 0 Å². The first kappa shape index (κ1) is 13.4. The Kier molecular flexibility index (Phi) is 4.02. The van der Waals surface area contributed by atoms with Crippen LogP contribution in [0, 0.1) is 0 Å². The summed E-state index contributed by atoms with van der Waals surface area (Å²) in [6, 6.07) is 10.5. The molecule has 0 spiro atoms. The molecule has 0 aliphatic rings. The smallest absolute Gasteiger partial charge is 0.256 e. The van der Waals surface area contributed by atoms with E-state index in [4.69, 9.17) is 17.3 Å². The van der Waals surface area contributed by atoms with Crippen molar-refractivity contribution in [2.45, 2.75) is 6.54 Å². The van der Waals surface area contributed by atoms with E-state index in [0.29, 0.717) is 22.8 Å². The molecule has 0 radical (unpaired) electrons. The van der Waals surface area contributed by atoms with Gasteiger partial charge in [0.1, 0.15) is 0 Å². The van der Waals surface area contributed by atoms with Crippen LogP contribution in [0.1, 0.15) is 16.1 Å². The predicted octanol–water partition coefficient (Wildman–Crippen LogP) is 2.59. The van der Waals surface area contributed by atoms with E-state index < -0.39 is 0 Å². The van der Waals surface area contributed by atoms with E-state index in [1.165, 1.54) is 0 Å².